The van der Waals surface area contributed by atoms with Crippen molar-refractivity contribution in [2.75, 3.05) is 0 Å². The van der Waals surface area contributed by atoms with E-state index in [2.05, 4.69) is 9.97 Å². The fourth-order valence-electron chi connectivity index (χ4n) is 1.81. The average Bonchev–Trinajstić information content (AvgIpc) is 2.37. The van der Waals surface area contributed by atoms with E-state index in [0.29, 0.717) is 12.0 Å². The van der Waals surface area contributed by atoms with Crippen LogP contribution in [0.3, 0.4) is 0 Å². The van der Waals surface area contributed by atoms with Crippen LogP contribution in [0.25, 0.3) is 11.4 Å². The average molecular weight is 301 g/mol. The number of alkyl halides is 3. The molecular weight excluding hydrogens is 289 g/mol. The first-order valence-corrected chi connectivity index (χ1v) is 6.49. The van der Waals surface area contributed by atoms with Gasteiger partial charge in [0.25, 0.3) is 0 Å². The van der Waals surface area contributed by atoms with Crippen molar-refractivity contribution in [2.24, 2.45) is 0 Å². The summed E-state index contributed by atoms with van der Waals surface area (Å²) in [6, 6.07) is 6.54. The van der Waals surface area contributed by atoms with E-state index in [4.69, 9.17) is 11.6 Å². The van der Waals surface area contributed by atoms with Crippen LogP contribution < -0.4 is 0 Å². The molecule has 0 aliphatic carbocycles. The van der Waals surface area contributed by atoms with Crippen LogP contribution >= 0.6 is 11.6 Å². The zero-order chi connectivity index (χ0) is 14.8. The van der Waals surface area contributed by atoms with Gasteiger partial charge in [0.1, 0.15) is 5.15 Å². The number of hydrogen-bond donors (Lipinski definition) is 0. The molecule has 2 nitrogen and oxygen atoms in total. The molecule has 0 amide bonds. The fraction of sp³-hybridized carbons (Fsp3) is 0.286. The Morgan fingerprint density at radius 1 is 1.15 bits per heavy atom. The van der Waals surface area contributed by atoms with Crippen molar-refractivity contribution in [1.29, 1.82) is 0 Å². The number of halogens is 4. The van der Waals surface area contributed by atoms with Crippen molar-refractivity contribution in [3.8, 4) is 11.4 Å². The van der Waals surface area contributed by atoms with E-state index in [9.17, 15) is 13.2 Å². The van der Waals surface area contributed by atoms with E-state index in [-0.39, 0.29) is 11.0 Å². The van der Waals surface area contributed by atoms with Crippen molar-refractivity contribution >= 4 is 11.6 Å². The van der Waals surface area contributed by atoms with Gasteiger partial charge in [-0.05, 0) is 24.6 Å². The van der Waals surface area contributed by atoms with Gasteiger partial charge in [-0.1, -0.05) is 37.1 Å². The van der Waals surface area contributed by atoms with Gasteiger partial charge in [0.15, 0.2) is 5.82 Å². The molecule has 20 heavy (non-hydrogen) atoms. The summed E-state index contributed by atoms with van der Waals surface area (Å²) in [5.41, 5.74) is 0.301. The Bertz CT molecular complexity index is 612. The second-order valence-corrected chi connectivity index (χ2v) is 4.72. The minimum Gasteiger partial charge on any atom is -0.233 e. The number of rotatable bonds is 3. The Hall–Kier alpha value is -1.62. The monoisotopic (exact) mass is 300 g/mol. The van der Waals surface area contributed by atoms with Crippen molar-refractivity contribution in [3.05, 3.63) is 46.7 Å². The molecule has 2 aromatic rings. The second kappa shape index (κ2) is 5.79. The standard InChI is InChI=1S/C14H12ClF3N2/c1-2-4-11-8-12(15)20-13(19-11)9-5-3-6-10(7-9)14(16,17)18/h3,5-8H,2,4H2,1H3. The molecule has 0 atom stereocenters. The van der Waals surface area contributed by atoms with Crippen LogP contribution in [0.2, 0.25) is 5.15 Å². The second-order valence-electron chi connectivity index (χ2n) is 4.33. The topological polar surface area (TPSA) is 25.8 Å². The summed E-state index contributed by atoms with van der Waals surface area (Å²) in [5, 5.41) is 0.232. The van der Waals surface area contributed by atoms with Crippen molar-refractivity contribution in [3.63, 3.8) is 0 Å². The van der Waals surface area contributed by atoms with Gasteiger partial charge < -0.3 is 0 Å². The maximum Gasteiger partial charge on any atom is 0.416 e. The van der Waals surface area contributed by atoms with Crippen LogP contribution in [0, 0.1) is 0 Å². The number of aryl methyl sites for hydroxylation is 1. The Balaban J connectivity index is 2.46. The number of nitrogens with zero attached hydrogens (tertiary/aromatic N) is 2. The lowest BCUT2D eigenvalue weighted by molar-refractivity contribution is -0.137. The molecule has 0 fully saturated rings. The Morgan fingerprint density at radius 2 is 1.90 bits per heavy atom. The smallest absolute Gasteiger partial charge is 0.233 e. The van der Waals surface area contributed by atoms with Gasteiger partial charge in [-0.15, -0.1) is 0 Å². The summed E-state index contributed by atoms with van der Waals surface area (Å²) >= 11 is 5.89. The van der Waals surface area contributed by atoms with Crippen molar-refractivity contribution in [1.82, 2.24) is 9.97 Å². The zero-order valence-electron chi connectivity index (χ0n) is 10.7. The van der Waals surface area contributed by atoms with Gasteiger partial charge in [-0.2, -0.15) is 13.2 Å². The molecule has 0 saturated heterocycles. The van der Waals surface area contributed by atoms with E-state index < -0.39 is 11.7 Å². The SMILES string of the molecule is CCCc1cc(Cl)nc(-c2cccc(C(F)(F)F)c2)n1. The van der Waals surface area contributed by atoms with E-state index in [1.807, 2.05) is 6.92 Å². The molecule has 0 spiro atoms. The van der Waals surface area contributed by atoms with Crippen LogP contribution in [-0.2, 0) is 12.6 Å². The van der Waals surface area contributed by atoms with Crippen LogP contribution in [0.5, 0.6) is 0 Å². The van der Waals surface area contributed by atoms with Gasteiger partial charge in [0, 0.05) is 11.3 Å². The molecule has 0 bridgehead atoms. The summed E-state index contributed by atoms with van der Waals surface area (Å²) in [6.07, 6.45) is -2.82. The maximum atomic E-state index is 12.7. The van der Waals surface area contributed by atoms with Gasteiger partial charge in [-0.3, -0.25) is 0 Å². The predicted molar refractivity (Wildman–Crippen MR) is 71.5 cm³/mol. The minimum absolute atomic E-state index is 0.215. The van der Waals surface area contributed by atoms with Gasteiger partial charge in [0.05, 0.1) is 5.56 Å². The molecule has 0 N–H and O–H groups in total. The van der Waals surface area contributed by atoms with Crippen LogP contribution in [0.4, 0.5) is 13.2 Å². The quantitative estimate of drug-likeness (QED) is 0.763. The normalized spacial score (nSPS) is 11.7. The molecule has 0 radical (unpaired) electrons. The molecule has 0 saturated carbocycles. The fourth-order valence-corrected chi connectivity index (χ4v) is 2.02. The molecule has 0 aliphatic rings. The molecule has 0 unspecified atom stereocenters. The first-order valence-electron chi connectivity index (χ1n) is 6.11. The van der Waals surface area contributed by atoms with Crippen LogP contribution in [-0.4, -0.2) is 9.97 Å². The molecular formula is C14H12ClF3N2. The first-order chi connectivity index (χ1) is 9.40. The summed E-state index contributed by atoms with van der Waals surface area (Å²) in [7, 11) is 0. The first kappa shape index (κ1) is 14.8. The highest BCUT2D eigenvalue weighted by Gasteiger charge is 2.30. The van der Waals surface area contributed by atoms with E-state index in [1.165, 1.54) is 12.1 Å². The third-order valence-corrected chi connectivity index (χ3v) is 2.90. The zero-order valence-corrected chi connectivity index (χ0v) is 11.5. The van der Waals surface area contributed by atoms with E-state index in [1.54, 1.807) is 6.07 Å². The number of aromatic nitrogens is 2. The van der Waals surface area contributed by atoms with Crippen LogP contribution in [0.15, 0.2) is 30.3 Å². The maximum absolute atomic E-state index is 12.7. The van der Waals surface area contributed by atoms with Crippen molar-refractivity contribution < 1.29 is 13.2 Å². The summed E-state index contributed by atoms with van der Waals surface area (Å²) in [5.74, 6) is 0.215. The molecule has 1 aromatic carbocycles. The van der Waals surface area contributed by atoms with E-state index in [0.717, 1.165) is 24.2 Å². The Labute approximate surface area is 119 Å². The van der Waals surface area contributed by atoms with Crippen LogP contribution in [0.1, 0.15) is 24.6 Å². The van der Waals surface area contributed by atoms with Gasteiger partial charge >= 0.3 is 6.18 Å². The number of benzene rings is 1. The minimum atomic E-state index is -4.39. The summed E-state index contributed by atoms with van der Waals surface area (Å²) in [6.45, 7) is 1.99. The lowest BCUT2D eigenvalue weighted by atomic mass is 10.1. The van der Waals surface area contributed by atoms with Gasteiger partial charge in [-0.25, -0.2) is 9.97 Å². The Morgan fingerprint density at radius 3 is 2.55 bits per heavy atom. The molecule has 106 valence electrons. The lowest BCUT2D eigenvalue weighted by Gasteiger charge is -2.09. The largest absolute Gasteiger partial charge is 0.416 e. The highest BCUT2D eigenvalue weighted by molar-refractivity contribution is 6.29. The van der Waals surface area contributed by atoms with Crippen molar-refractivity contribution in [2.45, 2.75) is 25.9 Å². The highest BCUT2D eigenvalue weighted by Crippen LogP contribution is 2.31. The molecule has 2 rings (SSSR count). The summed E-state index contributed by atoms with van der Waals surface area (Å²) < 4.78 is 38.1. The molecule has 6 heteroatoms. The third kappa shape index (κ3) is 3.48. The summed E-state index contributed by atoms with van der Waals surface area (Å²) in [4.78, 5) is 8.25. The number of hydrogen-bond acceptors (Lipinski definition) is 2. The highest BCUT2D eigenvalue weighted by atomic mass is 35.5. The Kier molecular flexibility index (Phi) is 4.28. The molecule has 1 heterocycles. The molecule has 1 aromatic heterocycles. The van der Waals surface area contributed by atoms with Gasteiger partial charge in [0.2, 0.25) is 0 Å². The molecule has 0 aliphatic heterocycles. The third-order valence-electron chi connectivity index (χ3n) is 2.70. The lowest BCUT2D eigenvalue weighted by Crippen LogP contribution is -2.05. The predicted octanol–water partition coefficient (Wildman–Crippen LogP) is 4.77. The van der Waals surface area contributed by atoms with E-state index >= 15 is 0 Å².